The van der Waals surface area contributed by atoms with Crippen LogP contribution in [-0.2, 0) is 9.53 Å². The van der Waals surface area contributed by atoms with Crippen molar-refractivity contribution in [3.8, 4) is 6.07 Å². The van der Waals surface area contributed by atoms with Gasteiger partial charge in [0, 0.05) is 18.6 Å². The molecule has 0 aliphatic rings. The summed E-state index contributed by atoms with van der Waals surface area (Å²) in [5.41, 5.74) is 1.29. The number of hydrogen-bond donors (Lipinski definition) is 2. The van der Waals surface area contributed by atoms with Crippen LogP contribution in [-0.4, -0.2) is 36.6 Å². The summed E-state index contributed by atoms with van der Waals surface area (Å²) < 4.78 is 5.10. The number of benzene rings is 1. The smallest absolute Gasteiger partial charge is 0.306 e. The lowest BCUT2D eigenvalue weighted by Crippen LogP contribution is -2.25. The summed E-state index contributed by atoms with van der Waals surface area (Å²) >= 11 is 1.60. The van der Waals surface area contributed by atoms with Crippen molar-refractivity contribution >= 4 is 23.4 Å². The molecule has 1 unspecified atom stereocenters. The second-order valence-electron chi connectivity index (χ2n) is 4.06. The van der Waals surface area contributed by atoms with Gasteiger partial charge in [-0.25, -0.2) is 0 Å². The van der Waals surface area contributed by atoms with Crippen LogP contribution in [0.3, 0.4) is 0 Å². The number of carboxylic acids is 1. The van der Waals surface area contributed by atoms with Gasteiger partial charge in [-0.1, -0.05) is 13.0 Å². The third kappa shape index (κ3) is 4.76. The quantitative estimate of drug-likeness (QED) is 0.717. The van der Waals surface area contributed by atoms with Crippen LogP contribution in [0.15, 0.2) is 23.1 Å². The Morgan fingerprint density at radius 3 is 2.90 bits per heavy atom. The zero-order valence-electron chi connectivity index (χ0n) is 11.5. The first-order chi connectivity index (χ1) is 9.62. The first kappa shape index (κ1) is 16.3. The third-order valence-corrected chi connectivity index (χ3v) is 3.63. The molecule has 0 radical (unpaired) electrons. The Morgan fingerprint density at radius 2 is 2.35 bits per heavy atom. The lowest BCUT2D eigenvalue weighted by molar-refractivity contribution is -0.139. The van der Waals surface area contributed by atoms with Gasteiger partial charge in [0.05, 0.1) is 23.8 Å². The fraction of sp³-hybridized carbons (Fsp3) is 0.429. The lowest BCUT2D eigenvalue weighted by Gasteiger charge is -2.16. The second kappa shape index (κ2) is 8.46. The van der Waals surface area contributed by atoms with Crippen LogP contribution in [0.1, 0.15) is 18.9 Å². The highest BCUT2D eigenvalue weighted by Gasteiger charge is 2.14. The first-order valence-electron chi connectivity index (χ1n) is 6.26. The van der Waals surface area contributed by atoms with E-state index in [0.29, 0.717) is 17.8 Å². The molecule has 2 N–H and O–H groups in total. The summed E-state index contributed by atoms with van der Waals surface area (Å²) in [6.07, 6.45) is -0.504. The van der Waals surface area contributed by atoms with E-state index < -0.39 is 12.1 Å². The average Bonchev–Trinajstić information content (AvgIpc) is 2.43. The van der Waals surface area contributed by atoms with E-state index in [9.17, 15) is 10.1 Å². The van der Waals surface area contributed by atoms with Crippen molar-refractivity contribution in [2.75, 3.05) is 24.7 Å². The van der Waals surface area contributed by atoms with Crippen molar-refractivity contribution in [2.24, 2.45) is 0 Å². The number of carbonyl (C=O) groups is 1. The summed E-state index contributed by atoms with van der Waals surface area (Å²) in [4.78, 5) is 11.6. The van der Waals surface area contributed by atoms with Gasteiger partial charge in [-0.15, -0.1) is 11.8 Å². The maximum absolute atomic E-state index is 10.7. The molecule has 0 saturated carbocycles. The number of nitrogens with zero attached hydrogens (tertiary/aromatic N) is 1. The topological polar surface area (TPSA) is 82.3 Å². The molecule has 1 rings (SSSR count). The van der Waals surface area contributed by atoms with Gasteiger partial charge in [-0.05, 0) is 17.9 Å². The summed E-state index contributed by atoms with van der Waals surface area (Å²) in [6, 6.07) is 7.78. The molecule has 0 fully saturated rings. The second-order valence-corrected chi connectivity index (χ2v) is 5.37. The van der Waals surface area contributed by atoms with E-state index in [0.717, 1.165) is 10.6 Å². The molecule has 0 spiro atoms. The molecule has 6 heteroatoms. The minimum atomic E-state index is -0.908. The van der Waals surface area contributed by atoms with Crippen molar-refractivity contribution < 1.29 is 14.6 Å². The SMILES string of the molecule is CCSc1cccc(NCC(CC(=O)O)OC)c1C#N. The van der Waals surface area contributed by atoms with E-state index in [4.69, 9.17) is 9.84 Å². The molecule has 0 bridgehead atoms. The minimum absolute atomic E-state index is 0.0746. The van der Waals surface area contributed by atoms with Gasteiger partial charge in [0.25, 0.3) is 0 Å². The molecule has 20 heavy (non-hydrogen) atoms. The maximum Gasteiger partial charge on any atom is 0.306 e. The Bertz CT molecular complexity index is 500. The van der Waals surface area contributed by atoms with Crippen LogP contribution in [0, 0.1) is 11.3 Å². The van der Waals surface area contributed by atoms with E-state index in [1.165, 1.54) is 7.11 Å². The van der Waals surface area contributed by atoms with Gasteiger partial charge >= 0.3 is 5.97 Å². The normalized spacial score (nSPS) is 11.7. The number of nitriles is 1. The summed E-state index contributed by atoms with van der Waals surface area (Å²) in [7, 11) is 1.48. The predicted molar refractivity (Wildman–Crippen MR) is 79.1 cm³/mol. The Morgan fingerprint density at radius 1 is 1.60 bits per heavy atom. The molecule has 0 aliphatic carbocycles. The molecular weight excluding hydrogens is 276 g/mol. The number of thioether (sulfide) groups is 1. The van der Waals surface area contributed by atoms with E-state index in [1.807, 2.05) is 25.1 Å². The first-order valence-corrected chi connectivity index (χ1v) is 7.25. The van der Waals surface area contributed by atoms with E-state index in [1.54, 1.807) is 11.8 Å². The number of aliphatic carboxylic acids is 1. The molecule has 1 aromatic carbocycles. The highest BCUT2D eigenvalue weighted by molar-refractivity contribution is 7.99. The summed E-state index contributed by atoms with van der Waals surface area (Å²) in [5.74, 6) is -0.0212. The Kier molecular flexibility index (Phi) is 6.91. The molecule has 1 aromatic rings. The molecule has 5 nitrogen and oxygen atoms in total. The van der Waals surface area contributed by atoms with E-state index >= 15 is 0 Å². The van der Waals surface area contributed by atoms with E-state index in [2.05, 4.69) is 11.4 Å². The van der Waals surface area contributed by atoms with Crippen LogP contribution in [0.25, 0.3) is 0 Å². The molecule has 0 aromatic heterocycles. The summed E-state index contributed by atoms with van der Waals surface area (Å²) in [5, 5.41) is 21.1. The Hall–Kier alpha value is -1.71. The molecule has 0 heterocycles. The Labute approximate surface area is 122 Å². The fourth-order valence-electron chi connectivity index (χ4n) is 1.73. The number of hydrogen-bond acceptors (Lipinski definition) is 5. The molecule has 0 saturated heterocycles. The van der Waals surface area contributed by atoms with Crippen LogP contribution in [0.4, 0.5) is 5.69 Å². The van der Waals surface area contributed by atoms with Gasteiger partial charge in [0.15, 0.2) is 0 Å². The molecule has 1 atom stereocenters. The molecule has 0 amide bonds. The van der Waals surface area contributed by atoms with Gasteiger partial charge in [0.1, 0.15) is 6.07 Å². The number of rotatable bonds is 8. The predicted octanol–water partition coefficient (Wildman–Crippen LogP) is 2.57. The number of nitrogens with one attached hydrogen (secondary N) is 1. The van der Waals surface area contributed by atoms with Crippen LogP contribution < -0.4 is 5.32 Å². The summed E-state index contributed by atoms with van der Waals surface area (Å²) in [6.45, 7) is 2.37. The van der Waals surface area contributed by atoms with Crippen molar-refractivity contribution in [3.63, 3.8) is 0 Å². The molecule has 0 aliphatic heterocycles. The van der Waals surface area contributed by atoms with E-state index in [-0.39, 0.29) is 6.42 Å². The third-order valence-electron chi connectivity index (χ3n) is 2.69. The van der Waals surface area contributed by atoms with Gasteiger partial charge in [-0.2, -0.15) is 5.26 Å². The Balaban J connectivity index is 2.79. The number of anilines is 1. The van der Waals surface area contributed by atoms with Gasteiger partial charge in [0.2, 0.25) is 0 Å². The molecular formula is C14H18N2O3S. The highest BCUT2D eigenvalue weighted by atomic mass is 32.2. The fourth-order valence-corrected chi connectivity index (χ4v) is 2.51. The van der Waals surface area contributed by atoms with Crippen LogP contribution in [0.2, 0.25) is 0 Å². The average molecular weight is 294 g/mol. The van der Waals surface area contributed by atoms with Crippen molar-refractivity contribution in [1.29, 1.82) is 5.26 Å². The minimum Gasteiger partial charge on any atom is -0.481 e. The number of methoxy groups -OCH3 is 1. The van der Waals surface area contributed by atoms with Crippen molar-refractivity contribution in [3.05, 3.63) is 23.8 Å². The number of ether oxygens (including phenoxy) is 1. The largest absolute Gasteiger partial charge is 0.481 e. The zero-order valence-corrected chi connectivity index (χ0v) is 12.4. The molecule has 108 valence electrons. The number of carboxylic acid groups (broad SMARTS) is 1. The van der Waals surface area contributed by atoms with Crippen molar-refractivity contribution in [2.45, 2.75) is 24.3 Å². The van der Waals surface area contributed by atoms with Crippen LogP contribution in [0.5, 0.6) is 0 Å². The monoisotopic (exact) mass is 294 g/mol. The highest BCUT2D eigenvalue weighted by Crippen LogP contribution is 2.27. The standard InChI is InChI=1S/C14H18N2O3S/c1-3-20-13-6-4-5-12(11(13)8-15)16-9-10(19-2)7-14(17)18/h4-6,10,16H,3,7,9H2,1-2H3,(H,17,18). The van der Waals surface area contributed by atoms with Crippen molar-refractivity contribution in [1.82, 2.24) is 0 Å². The zero-order chi connectivity index (χ0) is 15.0. The maximum atomic E-state index is 10.7. The van der Waals surface area contributed by atoms with Gasteiger partial charge in [-0.3, -0.25) is 4.79 Å². The lowest BCUT2D eigenvalue weighted by atomic mass is 10.2. The van der Waals surface area contributed by atoms with Crippen LogP contribution >= 0.6 is 11.8 Å². The van der Waals surface area contributed by atoms with Gasteiger partial charge < -0.3 is 15.2 Å².